The zero-order chi connectivity index (χ0) is 11.5. The predicted octanol–water partition coefficient (Wildman–Crippen LogP) is -0.685. The smallest absolute Gasteiger partial charge is 0.243 e. The van der Waals surface area contributed by atoms with E-state index in [9.17, 15) is 9.59 Å². The standard InChI is InChI=1S/C10H14N4O2/c1-14-5-4-11-8(14)6-12-7-2-3-9(15)13-10(7)16/h4-5,7,12H,2-3,6H2,1H3,(H,13,15,16). The number of imidazole rings is 1. The number of carbonyl (C=O) groups is 2. The summed E-state index contributed by atoms with van der Waals surface area (Å²) in [6.07, 6.45) is 4.50. The van der Waals surface area contributed by atoms with Gasteiger partial charge in [0.05, 0.1) is 12.6 Å². The number of carbonyl (C=O) groups excluding carboxylic acids is 2. The highest BCUT2D eigenvalue weighted by atomic mass is 16.2. The summed E-state index contributed by atoms with van der Waals surface area (Å²) in [4.78, 5) is 26.5. The van der Waals surface area contributed by atoms with E-state index < -0.39 is 0 Å². The van der Waals surface area contributed by atoms with Gasteiger partial charge in [0.1, 0.15) is 5.82 Å². The molecule has 0 spiro atoms. The van der Waals surface area contributed by atoms with E-state index in [-0.39, 0.29) is 17.9 Å². The van der Waals surface area contributed by atoms with E-state index in [2.05, 4.69) is 15.6 Å². The molecule has 86 valence electrons. The summed E-state index contributed by atoms with van der Waals surface area (Å²) in [5.74, 6) is 0.426. The molecule has 1 saturated heterocycles. The molecule has 2 rings (SSSR count). The second kappa shape index (κ2) is 4.44. The zero-order valence-electron chi connectivity index (χ0n) is 9.06. The Morgan fingerprint density at radius 2 is 2.44 bits per heavy atom. The molecule has 0 aliphatic carbocycles. The van der Waals surface area contributed by atoms with E-state index in [1.807, 2.05) is 17.8 Å². The minimum atomic E-state index is -0.297. The van der Waals surface area contributed by atoms with Gasteiger partial charge in [-0.05, 0) is 6.42 Å². The van der Waals surface area contributed by atoms with Crippen molar-refractivity contribution in [3.05, 3.63) is 18.2 Å². The fraction of sp³-hybridized carbons (Fsp3) is 0.500. The monoisotopic (exact) mass is 222 g/mol. The first-order chi connectivity index (χ1) is 7.66. The van der Waals surface area contributed by atoms with Crippen LogP contribution in [0.15, 0.2) is 12.4 Å². The largest absolute Gasteiger partial charge is 0.337 e. The molecule has 0 radical (unpaired) electrons. The van der Waals surface area contributed by atoms with Crippen molar-refractivity contribution in [1.29, 1.82) is 0 Å². The lowest BCUT2D eigenvalue weighted by molar-refractivity contribution is -0.134. The van der Waals surface area contributed by atoms with Gasteiger partial charge in [0.15, 0.2) is 0 Å². The molecule has 0 aromatic carbocycles. The molecule has 1 fully saturated rings. The highest BCUT2D eigenvalue weighted by Crippen LogP contribution is 2.05. The number of amides is 2. The number of rotatable bonds is 3. The molecule has 2 N–H and O–H groups in total. The van der Waals surface area contributed by atoms with Crippen LogP contribution in [0.1, 0.15) is 18.7 Å². The van der Waals surface area contributed by atoms with Crippen molar-refractivity contribution in [1.82, 2.24) is 20.2 Å². The molecule has 1 aliphatic rings. The van der Waals surface area contributed by atoms with Gasteiger partial charge in [-0.1, -0.05) is 0 Å². The molecule has 0 bridgehead atoms. The van der Waals surface area contributed by atoms with Gasteiger partial charge in [-0.25, -0.2) is 4.98 Å². The number of piperidine rings is 1. The van der Waals surface area contributed by atoms with E-state index in [0.29, 0.717) is 19.4 Å². The highest BCUT2D eigenvalue weighted by molar-refractivity contribution is 6.00. The molecule has 1 aliphatic heterocycles. The first kappa shape index (κ1) is 10.8. The summed E-state index contributed by atoms with van der Waals surface area (Å²) in [5.41, 5.74) is 0. The van der Waals surface area contributed by atoms with Gasteiger partial charge in [-0.2, -0.15) is 0 Å². The average Bonchev–Trinajstić information content (AvgIpc) is 2.63. The molecule has 2 amide bonds. The van der Waals surface area contributed by atoms with Crippen LogP contribution in [0.25, 0.3) is 0 Å². The third-order valence-electron chi connectivity index (χ3n) is 2.67. The fourth-order valence-electron chi connectivity index (χ4n) is 1.67. The van der Waals surface area contributed by atoms with Crippen LogP contribution in [0.4, 0.5) is 0 Å². The summed E-state index contributed by atoms with van der Waals surface area (Å²) in [6, 6.07) is -0.297. The molecule has 1 unspecified atom stereocenters. The second-order valence-electron chi connectivity index (χ2n) is 3.84. The summed E-state index contributed by atoms with van der Waals surface area (Å²) in [6.45, 7) is 0.524. The molecule has 16 heavy (non-hydrogen) atoms. The van der Waals surface area contributed by atoms with E-state index in [1.54, 1.807) is 6.20 Å². The van der Waals surface area contributed by atoms with Gasteiger partial charge in [0.2, 0.25) is 11.8 Å². The van der Waals surface area contributed by atoms with Gasteiger partial charge in [-0.15, -0.1) is 0 Å². The maximum Gasteiger partial charge on any atom is 0.243 e. The van der Waals surface area contributed by atoms with Crippen LogP contribution in [0.3, 0.4) is 0 Å². The Balaban J connectivity index is 1.89. The topological polar surface area (TPSA) is 76.0 Å². The predicted molar refractivity (Wildman–Crippen MR) is 56.2 cm³/mol. The first-order valence-electron chi connectivity index (χ1n) is 5.20. The maximum atomic E-state index is 11.4. The molecule has 1 aromatic rings. The van der Waals surface area contributed by atoms with Crippen molar-refractivity contribution in [2.45, 2.75) is 25.4 Å². The van der Waals surface area contributed by atoms with E-state index in [1.165, 1.54) is 0 Å². The lowest BCUT2D eigenvalue weighted by atomic mass is 10.1. The number of aryl methyl sites for hydroxylation is 1. The Morgan fingerprint density at radius 1 is 1.62 bits per heavy atom. The minimum absolute atomic E-state index is 0.194. The van der Waals surface area contributed by atoms with Crippen LogP contribution in [0.2, 0.25) is 0 Å². The van der Waals surface area contributed by atoms with E-state index in [0.717, 1.165) is 5.82 Å². The van der Waals surface area contributed by atoms with Crippen molar-refractivity contribution in [3.63, 3.8) is 0 Å². The fourth-order valence-corrected chi connectivity index (χ4v) is 1.67. The van der Waals surface area contributed by atoms with Crippen molar-refractivity contribution in [3.8, 4) is 0 Å². The molecule has 1 aromatic heterocycles. The van der Waals surface area contributed by atoms with Crippen molar-refractivity contribution in [2.75, 3.05) is 0 Å². The van der Waals surface area contributed by atoms with Crippen LogP contribution in [-0.2, 0) is 23.2 Å². The van der Waals surface area contributed by atoms with Gasteiger partial charge >= 0.3 is 0 Å². The molecule has 6 nitrogen and oxygen atoms in total. The Kier molecular flexibility index (Phi) is 3.00. The second-order valence-corrected chi connectivity index (χ2v) is 3.84. The van der Waals surface area contributed by atoms with Gasteiger partial charge in [0.25, 0.3) is 0 Å². The van der Waals surface area contributed by atoms with E-state index >= 15 is 0 Å². The Bertz CT molecular complexity index is 413. The zero-order valence-corrected chi connectivity index (χ0v) is 9.06. The minimum Gasteiger partial charge on any atom is -0.337 e. The van der Waals surface area contributed by atoms with E-state index in [4.69, 9.17) is 0 Å². The summed E-state index contributed by atoms with van der Waals surface area (Å²) in [7, 11) is 1.90. The highest BCUT2D eigenvalue weighted by Gasteiger charge is 2.25. The van der Waals surface area contributed by atoms with Gasteiger partial charge in [0, 0.05) is 25.9 Å². The van der Waals surface area contributed by atoms with Crippen LogP contribution in [0, 0.1) is 0 Å². The van der Waals surface area contributed by atoms with Crippen LogP contribution in [-0.4, -0.2) is 27.4 Å². The molecular weight excluding hydrogens is 208 g/mol. The third kappa shape index (κ3) is 2.27. The maximum absolute atomic E-state index is 11.4. The Hall–Kier alpha value is -1.69. The lowest BCUT2D eigenvalue weighted by Gasteiger charge is -2.21. The van der Waals surface area contributed by atoms with Gasteiger partial charge < -0.3 is 4.57 Å². The molecular formula is C10H14N4O2. The Labute approximate surface area is 93.0 Å². The van der Waals surface area contributed by atoms with Crippen LogP contribution >= 0.6 is 0 Å². The van der Waals surface area contributed by atoms with Crippen LogP contribution < -0.4 is 10.6 Å². The number of aromatic nitrogens is 2. The van der Waals surface area contributed by atoms with Crippen molar-refractivity contribution >= 4 is 11.8 Å². The number of nitrogens with one attached hydrogen (secondary N) is 2. The SMILES string of the molecule is Cn1ccnc1CNC1CCC(=O)NC1=O. The van der Waals surface area contributed by atoms with Gasteiger partial charge in [-0.3, -0.25) is 20.2 Å². The first-order valence-corrected chi connectivity index (χ1v) is 5.20. The Morgan fingerprint density at radius 3 is 3.06 bits per heavy atom. The molecule has 0 saturated carbocycles. The number of hydrogen-bond donors (Lipinski definition) is 2. The van der Waals surface area contributed by atoms with Crippen molar-refractivity contribution in [2.24, 2.45) is 7.05 Å². The number of hydrogen-bond acceptors (Lipinski definition) is 4. The molecule has 1 atom stereocenters. The summed E-state index contributed by atoms with van der Waals surface area (Å²) in [5, 5.41) is 5.39. The normalized spacial score (nSPS) is 20.9. The number of imide groups is 1. The average molecular weight is 222 g/mol. The molecule has 2 heterocycles. The lowest BCUT2D eigenvalue weighted by Crippen LogP contribution is -2.50. The number of nitrogens with zero attached hydrogens (tertiary/aromatic N) is 2. The van der Waals surface area contributed by atoms with Crippen LogP contribution in [0.5, 0.6) is 0 Å². The summed E-state index contributed by atoms with van der Waals surface area (Å²) < 4.78 is 1.89. The van der Waals surface area contributed by atoms with Crippen molar-refractivity contribution < 1.29 is 9.59 Å². The quantitative estimate of drug-likeness (QED) is 0.664. The summed E-state index contributed by atoms with van der Waals surface area (Å²) >= 11 is 0. The third-order valence-corrected chi connectivity index (χ3v) is 2.67. The molecule has 6 heteroatoms.